The normalized spacial score (nSPS) is 10.0. The Kier molecular flexibility index (Phi) is 3.71. The largest absolute Gasteiger partial charge is 0.309 e. The first kappa shape index (κ1) is 10.0. The van der Waals surface area contributed by atoms with E-state index in [-0.39, 0.29) is 0 Å². The van der Waals surface area contributed by atoms with Crippen LogP contribution in [-0.4, -0.2) is 6.54 Å². The maximum atomic E-state index is 3.67. The minimum atomic E-state index is 0.868. The molecule has 0 amide bonds. The van der Waals surface area contributed by atoms with E-state index >= 15 is 0 Å². The number of hydrogen-bond acceptors (Lipinski definition) is 1. The molecular weight excluding hydrogens is 158 g/mol. The molecule has 0 spiro atoms. The Hall–Kier alpha value is -1.08. The highest BCUT2D eigenvalue weighted by atomic mass is 14.8. The lowest BCUT2D eigenvalue weighted by Gasteiger charge is -2.08. The number of benzene rings is 1. The highest BCUT2D eigenvalue weighted by Gasteiger charge is 1.98. The molecule has 0 heterocycles. The lowest BCUT2D eigenvalue weighted by atomic mass is 10.0. The van der Waals surface area contributed by atoms with Gasteiger partial charge in [0.25, 0.3) is 0 Å². The Morgan fingerprint density at radius 2 is 2.15 bits per heavy atom. The minimum Gasteiger partial charge on any atom is -0.309 e. The molecule has 1 rings (SSSR count). The fourth-order valence-electron chi connectivity index (χ4n) is 1.31. The van der Waals surface area contributed by atoms with Crippen LogP contribution in [0, 0.1) is 13.8 Å². The molecule has 1 aromatic carbocycles. The summed E-state index contributed by atoms with van der Waals surface area (Å²) in [5.41, 5.74) is 4.12. The van der Waals surface area contributed by atoms with Crippen molar-refractivity contribution < 1.29 is 0 Å². The standard InChI is InChI=1S/C12H17N/c1-4-8-13-9-12-7-5-6-10(2)11(12)3/h4-7,13H,1,8-9H2,2-3H3. The highest BCUT2D eigenvalue weighted by molar-refractivity contribution is 5.32. The van der Waals surface area contributed by atoms with Gasteiger partial charge in [-0.1, -0.05) is 24.3 Å². The second-order valence-corrected chi connectivity index (χ2v) is 3.28. The van der Waals surface area contributed by atoms with Crippen molar-refractivity contribution in [1.82, 2.24) is 5.32 Å². The third-order valence-electron chi connectivity index (χ3n) is 2.32. The fourth-order valence-corrected chi connectivity index (χ4v) is 1.31. The fraction of sp³-hybridized carbons (Fsp3) is 0.333. The average Bonchev–Trinajstić information content (AvgIpc) is 2.13. The van der Waals surface area contributed by atoms with Crippen LogP contribution < -0.4 is 5.32 Å². The van der Waals surface area contributed by atoms with Crippen LogP contribution in [-0.2, 0) is 6.54 Å². The predicted molar refractivity (Wildman–Crippen MR) is 57.8 cm³/mol. The summed E-state index contributed by atoms with van der Waals surface area (Å²) in [4.78, 5) is 0. The van der Waals surface area contributed by atoms with Crippen molar-refractivity contribution in [2.45, 2.75) is 20.4 Å². The number of hydrogen-bond donors (Lipinski definition) is 1. The lowest BCUT2D eigenvalue weighted by Crippen LogP contribution is -2.13. The smallest absolute Gasteiger partial charge is 0.0211 e. The molecule has 13 heavy (non-hydrogen) atoms. The zero-order valence-corrected chi connectivity index (χ0v) is 8.43. The van der Waals surface area contributed by atoms with Crippen LogP contribution >= 0.6 is 0 Å². The van der Waals surface area contributed by atoms with Crippen molar-refractivity contribution in [3.05, 3.63) is 47.5 Å². The van der Waals surface area contributed by atoms with E-state index < -0.39 is 0 Å². The van der Waals surface area contributed by atoms with E-state index in [9.17, 15) is 0 Å². The van der Waals surface area contributed by atoms with Gasteiger partial charge in [0.15, 0.2) is 0 Å². The molecule has 0 bridgehead atoms. The molecule has 1 aromatic rings. The van der Waals surface area contributed by atoms with Crippen LogP contribution in [0.2, 0.25) is 0 Å². The monoisotopic (exact) mass is 175 g/mol. The maximum absolute atomic E-state index is 3.67. The highest BCUT2D eigenvalue weighted by Crippen LogP contribution is 2.11. The topological polar surface area (TPSA) is 12.0 Å². The zero-order valence-electron chi connectivity index (χ0n) is 8.43. The van der Waals surface area contributed by atoms with Crippen LogP contribution in [0.15, 0.2) is 30.9 Å². The van der Waals surface area contributed by atoms with Crippen molar-refractivity contribution in [2.24, 2.45) is 0 Å². The van der Waals surface area contributed by atoms with Gasteiger partial charge in [-0.2, -0.15) is 0 Å². The van der Waals surface area contributed by atoms with E-state index in [1.807, 2.05) is 6.08 Å². The Morgan fingerprint density at radius 3 is 2.85 bits per heavy atom. The van der Waals surface area contributed by atoms with E-state index in [4.69, 9.17) is 0 Å². The number of nitrogens with one attached hydrogen (secondary N) is 1. The van der Waals surface area contributed by atoms with Crippen molar-refractivity contribution in [1.29, 1.82) is 0 Å². The first-order valence-corrected chi connectivity index (χ1v) is 4.62. The van der Waals surface area contributed by atoms with Gasteiger partial charge in [0, 0.05) is 13.1 Å². The lowest BCUT2D eigenvalue weighted by molar-refractivity contribution is 0.755. The molecule has 0 saturated heterocycles. The van der Waals surface area contributed by atoms with Crippen LogP contribution in [0.5, 0.6) is 0 Å². The summed E-state index contributed by atoms with van der Waals surface area (Å²) >= 11 is 0. The van der Waals surface area contributed by atoms with Gasteiger partial charge in [-0.3, -0.25) is 0 Å². The van der Waals surface area contributed by atoms with Crippen LogP contribution in [0.3, 0.4) is 0 Å². The molecule has 0 saturated carbocycles. The van der Waals surface area contributed by atoms with Gasteiger partial charge in [0.05, 0.1) is 0 Å². The van der Waals surface area contributed by atoms with E-state index in [0.29, 0.717) is 0 Å². The molecular formula is C12H17N. The second kappa shape index (κ2) is 4.83. The Bertz CT molecular complexity index is 289. The zero-order chi connectivity index (χ0) is 9.68. The third-order valence-corrected chi connectivity index (χ3v) is 2.32. The summed E-state index contributed by atoms with van der Waals surface area (Å²) in [7, 11) is 0. The van der Waals surface area contributed by atoms with Crippen molar-refractivity contribution in [3.8, 4) is 0 Å². The molecule has 0 fully saturated rings. The van der Waals surface area contributed by atoms with Gasteiger partial charge in [-0.25, -0.2) is 0 Å². The third kappa shape index (κ3) is 2.71. The van der Waals surface area contributed by atoms with E-state index in [2.05, 4.69) is 43.9 Å². The van der Waals surface area contributed by atoms with Gasteiger partial charge in [0.2, 0.25) is 0 Å². The van der Waals surface area contributed by atoms with Gasteiger partial charge >= 0.3 is 0 Å². The van der Waals surface area contributed by atoms with Crippen LogP contribution in [0.1, 0.15) is 16.7 Å². The quantitative estimate of drug-likeness (QED) is 0.548. The second-order valence-electron chi connectivity index (χ2n) is 3.28. The molecule has 0 aliphatic carbocycles. The summed E-state index contributed by atoms with van der Waals surface area (Å²) in [5, 5.41) is 3.30. The molecule has 0 aromatic heterocycles. The molecule has 1 nitrogen and oxygen atoms in total. The van der Waals surface area contributed by atoms with E-state index in [0.717, 1.165) is 13.1 Å². The van der Waals surface area contributed by atoms with Crippen molar-refractivity contribution in [3.63, 3.8) is 0 Å². The van der Waals surface area contributed by atoms with Crippen molar-refractivity contribution >= 4 is 0 Å². The first-order valence-electron chi connectivity index (χ1n) is 4.62. The summed E-state index contributed by atoms with van der Waals surface area (Å²) < 4.78 is 0. The Labute approximate surface area is 80.5 Å². The molecule has 1 heteroatoms. The van der Waals surface area contributed by atoms with Gasteiger partial charge in [0.1, 0.15) is 0 Å². The summed E-state index contributed by atoms with van der Waals surface area (Å²) in [6, 6.07) is 6.41. The molecule has 0 aliphatic heterocycles. The summed E-state index contributed by atoms with van der Waals surface area (Å²) in [6.45, 7) is 9.78. The van der Waals surface area contributed by atoms with Gasteiger partial charge in [-0.05, 0) is 30.5 Å². The van der Waals surface area contributed by atoms with E-state index in [1.165, 1.54) is 16.7 Å². The summed E-state index contributed by atoms with van der Waals surface area (Å²) in [5.74, 6) is 0. The Balaban J connectivity index is 2.65. The number of aryl methyl sites for hydroxylation is 1. The molecule has 70 valence electrons. The molecule has 0 atom stereocenters. The predicted octanol–water partition coefficient (Wildman–Crippen LogP) is 2.58. The first-order chi connectivity index (χ1) is 6.25. The van der Waals surface area contributed by atoms with Crippen molar-refractivity contribution in [2.75, 3.05) is 6.54 Å². The minimum absolute atomic E-state index is 0.868. The van der Waals surface area contributed by atoms with Crippen LogP contribution in [0.4, 0.5) is 0 Å². The van der Waals surface area contributed by atoms with E-state index in [1.54, 1.807) is 0 Å². The van der Waals surface area contributed by atoms with Gasteiger partial charge < -0.3 is 5.32 Å². The molecule has 1 N–H and O–H groups in total. The Morgan fingerprint density at radius 1 is 1.38 bits per heavy atom. The SMILES string of the molecule is C=CCNCc1cccc(C)c1C. The average molecular weight is 175 g/mol. The number of rotatable bonds is 4. The van der Waals surface area contributed by atoms with Gasteiger partial charge in [-0.15, -0.1) is 6.58 Å². The molecule has 0 unspecified atom stereocenters. The van der Waals surface area contributed by atoms with Crippen LogP contribution in [0.25, 0.3) is 0 Å². The molecule has 0 aliphatic rings. The summed E-state index contributed by atoms with van der Waals surface area (Å²) in [6.07, 6.45) is 1.88. The maximum Gasteiger partial charge on any atom is 0.0211 e. The molecule has 0 radical (unpaired) electrons.